The van der Waals surface area contributed by atoms with Crippen molar-refractivity contribution in [2.75, 3.05) is 37.8 Å². The van der Waals surface area contributed by atoms with Crippen LogP contribution >= 0.6 is 11.8 Å². The summed E-state index contributed by atoms with van der Waals surface area (Å²) < 4.78 is 5.46. The first-order valence-corrected chi connectivity index (χ1v) is 8.73. The molecule has 3 saturated heterocycles. The highest BCUT2D eigenvalue weighted by Gasteiger charge is 2.27. The van der Waals surface area contributed by atoms with E-state index in [4.69, 9.17) is 4.74 Å². The second-order valence-corrected chi connectivity index (χ2v) is 7.03. The van der Waals surface area contributed by atoms with E-state index in [1.54, 1.807) is 0 Å². The smallest absolute Gasteiger partial charge is 0.0480 e. The molecule has 0 radical (unpaired) electrons. The number of thioether (sulfide) groups is 1. The van der Waals surface area contributed by atoms with E-state index in [2.05, 4.69) is 22.0 Å². The van der Waals surface area contributed by atoms with Crippen molar-refractivity contribution in [1.82, 2.24) is 10.2 Å². The summed E-state index contributed by atoms with van der Waals surface area (Å²) in [6.45, 7) is 4.54. The van der Waals surface area contributed by atoms with Crippen molar-refractivity contribution in [2.45, 2.75) is 50.2 Å². The molecule has 1 atom stereocenters. The van der Waals surface area contributed by atoms with Crippen molar-refractivity contribution < 1.29 is 4.74 Å². The van der Waals surface area contributed by atoms with Crippen LogP contribution in [0.15, 0.2) is 0 Å². The second kappa shape index (κ2) is 6.60. The maximum atomic E-state index is 5.46. The second-order valence-electron chi connectivity index (χ2n) is 5.88. The van der Waals surface area contributed by atoms with Gasteiger partial charge < -0.3 is 15.0 Å². The third kappa shape index (κ3) is 3.41. The van der Waals surface area contributed by atoms with Gasteiger partial charge >= 0.3 is 0 Å². The first kappa shape index (κ1) is 13.2. The number of piperidine rings is 1. The molecule has 3 nitrogen and oxygen atoms in total. The molecule has 0 aromatic carbocycles. The molecule has 4 heteroatoms. The van der Waals surface area contributed by atoms with Crippen LogP contribution < -0.4 is 5.32 Å². The van der Waals surface area contributed by atoms with Crippen molar-refractivity contribution in [3.63, 3.8) is 0 Å². The summed E-state index contributed by atoms with van der Waals surface area (Å²) in [5, 5.41) is 3.87. The van der Waals surface area contributed by atoms with Gasteiger partial charge in [0, 0.05) is 37.1 Å². The lowest BCUT2D eigenvalue weighted by atomic mass is 9.99. The zero-order valence-electron chi connectivity index (χ0n) is 11.3. The molecular formula is C14H26N2OS. The van der Waals surface area contributed by atoms with Gasteiger partial charge in [0.25, 0.3) is 0 Å². The van der Waals surface area contributed by atoms with Crippen LogP contribution in [0, 0.1) is 0 Å². The Bertz CT molecular complexity index is 244. The summed E-state index contributed by atoms with van der Waals surface area (Å²) >= 11 is 2.11. The number of rotatable bonds is 3. The molecule has 18 heavy (non-hydrogen) atoms. The minimum atomic E-state index is 0.782. The maximum Gasteiger partial charge on any atom is 0.0480 e. The molecule has 3 fully saturated rings. The highest BCUT2D eigenvalue weighted by Crippen LogP contribution is 2.22. The van der Waals surface area contributed by atoms with E-state index in [0.29, 0.717) is 0 Å². The summed E-state index contributed by atoms with van der Waals surface area (Å²) in [6.07, 6.45) is 6.57. The molecule has 3 rings (SSSR count). The summed E-state index contributed by atoms with van der Waals surface area (Å²) in [6, 6.07) is 2.39. The van der Waals surface area contributed by atoms with Gasteiger partial charge in [0.15, 0.2) is 0 Å². The highest BCUT2D eigenvalue weighted by molar-refractivity contribution is 7.99. The summed E-state index contributed by atoms with van der Waals surface area (Å²) in [5.74, 6) is 2.69. The lowest BCUT2D eigenvalue weighted by Gasteiger charge is -2.40. The van der Waals surface area contributed by atoms with Gasteiger partial charge in [-0.25, -0.2) is 0 Å². The zero-order chi connectivity index (χ0) is 12.2. The van der Waals surface area contributed by atoms with Crippen LogP contribution in [0.1, 0.15) is 32.1 Å². The Balaban J connectivity index is 1.40. The van der Waals surface area contributed by atoms with Crippen LogP contribution in [0.5, 0.6) is 0 Å². The Morgan fingerprint density at radius 1 is 0.944 bits per heavy atom. The topological polar surface area (TPSA) is 24.5 Å². The first-order valence-electron chi connectivity index (χ1n) is 7.57. The molecule has 3 aliphatic rings. The number of likely N-dealkylation sites (tertiary alicyclic amines) is 1. The molecule has 0 bridgehead atoms. The van der Waals surface area contributed by atoms with Crippen LogP contribution in [0.2, 0.25) is 0 Å². The molecular weight excluding hydrogens is 244 g/mol. The molecule has 0 aromatic rings. The van der Waals surface area contributed by atoms with Crippen LogP contribution in [0.3, 0.4) is 0 Å². The van der Waals surface area contributed by atoms with E-state index in [1.165, 1.54) is 56.7 Å². The molecule has 0 amide bonds. The lowest BCUT2D eigenvalue weighted by molar-refractivity contribution is 0.0234. The van der Waals surface area contributed by atoms with Crippen molar-refractivity contribution in [3.8, 4) is 0 Å². The van der Waals surface area contributed by atoms with E-state index < -0.39 is 0 Å². The Morgan fingerprint density at radius 2 is 1.72 bits per heavy atom. The molecule has 1 N–H and O–H groups in total. The van der Waals surface area contributed by atoms with Gasteiger partial charge in [-0.3, -0.25) is 0 Å². The quantitative estimate of drug-likeness (QED) is 0.844. The maximum absolute atomic E-state index is 5.46. The fourth-order valence-corrected chi connectivity index (χ4v) is 4.65. The fraction of sp³-hybridized carbons (Fsp3) is 1.00. The van der Waals surface area contributed by atoms with Gasteiger partial charge in [-0.15, -0.1) is 0 Å². The van der Waals surface area contributed by atoms with Crippen molar-refractivity contribution in [2.24, 2.45) is 0 Å². The minimum absolute atomic E-state index is 0.782. The number of nitrogens with one attached hydrogen (secondary N) is 1. The summed E-state index contributed by atoms with van der Waals surface area (Å²) in [4.78, 5) is 2.71. The normalized spacial score (nSPS) is 33.0. The Labute approximate surface area is 115 Å². The van der Waals surface area contributed by atoms with E-state index in [9.17, 15) is 0 Å². The average Bonchev–Trinajstić information content (AvgIpc) is 2.94. The average molecular weight is 270 g/mol. The number of nitrogens with zero attached hydrogens (tertiary/aromatic N) is 1. The Morgan fingerprint density at radius 3 is 2.39 bits per heavy atom. The predicted molar refractivity (Wildman–Crippen MR) is 77.3 cm³/mol. The van der Waals surface area contributed by atoms with Gasteiger partial charge in [0.1, 0.15) is 0 Å². The van der Waals surface area contributed by atoms with Crippen LogP contribution in [0.25, 0.3) is 0 Å². The Kier molecular flexibility index (Phi) is 4.85. The highest BCUT2D eigenvalue weighted by atomic mass is 32.2. The minimum Gasteiger partial charge on any atom is -0.381 e. The van der Waals surface area contributed by atoms with Gasteiger partial charge in [-0.1, -0.05) is 0 Å². The van der Waals surface area contributed by atoms with Crippen LogP contribution in [-0.4, -0.2) is 60.8 Å². The molecule has 0 aliphatic carbocycles. The van der Waals surface area contributed by atoms with Crippen LogP contribution in [-0.2, 0) is 4.74 Å². The molecule has 0 spiro atoms. The summed E-state index contributed by atoms with van der Waals surface area (Å²) in [7, 11) is 0. The van der Waals surface area contributed by atoms with Crippen molar-refractivity contribution in [3.05, 3.63) is 0 Å². The summed E-state index contributed by atoms with van der Waals surface area (Å²) in [5.41, 5.74) is 0. The fourth-order valence-electron chi connectivity index (χ4n) is 3.48. The van der Waals surface area contributed by atoms with Gasteiger partial charge in [0.05, 0.1) is 0 Å². The lowest BCUT2D eigenvalue weighted by Crippen LogP contribution is -2.50. The molecule has 0 saturated carbocycles. The number of ether oxygens (including phenoxy) is 1. The molecule has 0 unspecified atom stereocenters. The standard InChI is InChI=1S/C14H26N2OS/c1-6-16(14-3-8-17-9-4-14)7-2-12(1)15-13-5-10-18-11-13/h12-15H,1-11H2/t13-/m1/s1. The van der Waals surface area contributed by atoms with E-state index in [-0.39, 0.29) is 0 Å². The molecule has 3 aliphatic heterocycles. The van der Waals surface area contributed by atoms with Crippen LogP contribution in [0.4, 0.5) is 0 Å². The van der Waals surface area contributed by atoms with Gasteiger partial charge in [-0.2, -0.15) is 11.8 Å². The third-order valence-corrected chi connectivity index (χ3v) is 5.80. The zero-order valence-corrected chi connectivity index (χ0v) is 12.1. The number of hydrogen-bond acceptors (Lipinski definition) is 4. The van der Waals surface area contributed by atoms with Crippen molar-refractivity contribution >= 4 is 11.8 Å². The largest absolute Gasteiger partial charge is 0.381 e. The van der Waals surface area contributed by atoms with Crippen molar-refractivity contribution in [1.29, 1.82) is 0 Å². The first-order chi connectivity index (χ1) is 8.92. The molecule has 0 aromatic heterocycles. The Hall–Kier alpha value is 0.230. The SMILES string of the molecule is C1CC(N2CCC(N[C@@H]3CCSC3)CC2)CCO1. The van der Waals surface area contributed by atoms with E-state index in [0.717, 1.165) is 31.3 Å². The molecule has 3 heterocycles. The number of hydrogen-bond donors (Lipinski definition) is 1. The van der Waals surface area contributed by atoms with E-state index >= 15 is 0 Å². The molecule has 104 valence electrons. The van der Waals surface area contributed by atoms with E-state index in [1.807, 2.05) is 0 Å². The van der Waals surface area contributed by atoms with Gasteiger partial charge in [0.2, 0.25) is 0 Å². The predicted octanol–water partition coefficient (Wildman–Crippen LogP) is 1.72. The van der Waals surface area contributed by atoms with Gasteiger partial charge in [-0.05, 0) is 50.9 Å². The third-order valence-electron chi connectivity index (χ3n) is 4.64. The monoisotopic (exact) mass is 270 g/mol.